The van der Waals surface area contributed by atoms with Gasteiger partial charge < -0.3 is 19.7 Å². The molecule has 0 unspecified atom stereocenters. The molecule has 158 valence electrons. The van der Waals surface area contributed by atoms with Gasteiger partial charge in [0.15, 0.2) is 11.5 Å². The van der Waals surface area contributed by atoms with Crippen molar-refractivity contribution in [2.75, 3.05) is 44.7 Å². The molecular weight excluding hydrogens is 410 g/mol. The molecule has 0 aromatic heterocycles. The number of carbonyl (C=O) groups is 2. The van der Waals surface area contributed by atoms with Crippen LogP contribution < -0.4 is 14.8 Å². The first-order valence-corrected chi connectivity index (χ1v) is 10.9. The van der Waals surface area contributed by atoms with E-state index in [0.717, 1.165) is 6.41 Å². The molecule has 0 atom stereocenters. The van der Waals surface area contributed by atoms with E-state index in [4.69, 9.17) is 9.47 Å². The SMILES string of the molecule is O=CN1CCN(S(=O)(=O)c2ccc(C(=O)Nc3ccc4c(c3)OCCO4)cc2)CC1. The lowest BCUT2D eigenvalue weighted by molar-refractivity contribution is -0.119. The van der Waals surface area contributed by atoms with Gasteiger partial charge in [0.1, 0.15) is 13.2 Å². The van der Waals surface area contributed by atoms with E-state index < -0.39 is 10.0 Å². The van der Waals surface area contributed by atoms with Gasteiger partial charge in [0.05, 0.1) is 4.90 Å². The van der Waals surface area contributed by atoms with Crippen molar-refractivity contribution in [2.45, 2.75) is 4.90 Å². The number of nitrogens with zero attached hydrogens (tertiary/aromatic N) is 2. The predicted octanol–water partition coefficient (Wildman–Crippen LogP) is 1.17. The van der Waals surface area contributed by atoms with Crippen molar-refractivity contribution < 1.29 is 27.5 Å². The van der Waals surface area contributed by atoms with Crippen LogP contribution in [0.4, 0.5) is 5.69 Å². The van der Waals surface area contributed by atoms with Crippen molar-refractivity contribution in [1.29, 1.82) is 0 Å². The van der Waals surface area contributed by atoms with Gasteiger partial charge >= 0.3 is 0 Å². The Balaban J connectivity index is 1.44. The van der Waals surface area contributed by atoms with Crippen molar-refractivity contribution in [2.24, 2.45) is 0 Å². The lowest BCUT2D eigenvalue weighted by atomic mass is 10.2. The largest absolute Gasteiger partial charge is 0.486 e. The van der Waals surface area contributed by atoms with Crippen LogP contribution in [0.2, 0.25) is 0 Å². The smallest absolute Gasteiger partial charge is 0.255 e. The van der Waals surface area contributed by atoms with Crippen molar-refractivity contribution in [3.63, 3.8) is 0 Å². The van der Waals surface area contributed by atoms with Crippen LogP contribution in [0.1, 0.15) is 10.4 Å². The number of sulfonamides is 1. The first kappa shape index (κ1) is 20.2. The number of fused-ring (bicyclic) bond motifs is 1. The molecule has 0 aliphatic carbocycles. The van der Waals surface area contributed by atoms with E-state index >= 15 is 0 Å². The fraction of sp³-hybridized carbons (Fsp3) is 0.300. The molecule has 2 aliphatic heterocycles. The second-order valence-corrected chi connectivity index (χ2v) is 8.82. The summed E-state index contributed by atoms with van der Waals surface area (Å²) < 4.78 is 37.9. The van der Waals surface area contributed by atoms with Gasteiger partial charge in [-0.1, -0.05) is 0 Å². The zero-order valence-corrected chi connectivity index (χ0v) is 16.9. The Hall–Kier alpha value is -3.11. The van der Waals surface area contributed by atoms with E-state index in [1.807, 2.05) is 0 Å². The van der Waals surface area contributed by atoms with Crippen LogP contribution in [0, 0.1) is 0 Å². The van der Waals surface area contributed by atoms with Crippen molar-refractivity contribution in [3.05, 3.63) is 48.0 Å². The summed E-state index contributed by atoms with van der Waals surface area (Å²) in [6, 6.07) is 10.9. The summed E-state index contributed by atoms with van der Waals surface area (Å²) >= 11 is 0. The topological polar surface area (TPSA) is 105 Å². The number of benzene rings is 2. The van der Waals surface area contributed by atoms with E-state index in [1.165, 1.54) is 33.5 Å². The average molecular weight is 431 g/mol. The number of amides is 2. The minimum atomic E-state index is -3.68. The summed E-state index contributed by atoms with van der Waals surface area (Å²) in [5.74, 6) is 0.827. The molecule has 0 radical (unpaired) electrons. The third-order valence-corrected chi connectivity index (χ3v) is 6.89. The van der Waals surface area contributed by atoms with Crippen LogP contribution >= 0.6 is 0 Å². The molecule has 1 fully saturated rings. The summed E-state index contributed by atoms with van der Waals surface area (Å²) in [7, 11) is -3.68. The van der Waals surface area contributed by atoms with Gasteiger partial charge in [-0.15, -0.1) is 0 Å². The molecule has 30 heavy (non-hydrogen) atoms. The molecule has 2 aromatic carbocycles. The Morgan fingerprint density at radius 2 is 1.60 bits per heavy atom. The molecule has 2 heterocycles. The highest BCUT2D eigenvalue weighted by molar-refractivity contribution is 7.89. The fourth-order valence-electron chi connectivity index (χ4n) is 3.30. The third-order valence-electron chi connectivity index (χ3n) is 4.98. The number of piperazine rings is 1. The molecule has 2 amide bonds. The summed E-state index contributed by atoms with van der Waals surface area (Å²) in [6.45, 7) is 2.14. The van der Waals surface area contributed by atoms with E-state index in [1.54, 1.807) is 18.2 Å². The summed E-state index contributed by atoms with van der Waals surface area (Å²) in [4.78, 5) is 25.0. The Morgan fingerprint density at radius 1 is 0.933 bits per heavy atom. The molecule has 9 nitrogen and oxygen atoms in total. The fourth-order valence-corrected chi connectivity index (χ4v) is 4.72. The van der Waals surface area contributed by atoms with Crippen LogP contribution in [0.15, 0.2) is 47.4 Å². The highest BCUT2D eigenvalue weighted by Crippen LogP contribution is 2.32. The van der Waals surface area contributed by atoms with Crippen LogP contribution in [-0.4, -0.2) is 69.3 Å². The van der Waals surface area contributed by atoms with Crippen LogP contribution in [-0.2, 0) is 14.8 Å². The van der Waals surface area contributed by atoms with Gasteiger partial charge in [0.2, 0.25) is 16.4 Å². The Bertz CT molecular complexity index is 1050. The lowest BCUT2D eigenvalue weighted by Gasteiger charge is -2.31. The van der Waals surface area contributed by atoms with E-state index in [9.17, 15) is 18.0 Å². The Morgan fingerprint density at radius 3 is 2.27 bits per heavy atom. The van der Waals surface area contributed by atoms with Crippen LogP contribution in [0.5, 0.6) is 11.5 Å². The van der Waals surface area contributed by atoms with Crippen LogP contribution in [0.3, 0.4) is 0 Å². The highest BCUT2D eigenvalue weighted by Gasteiger charge is 2.28. The summed E-state index contributed by atoms with van der Waals surface area (Å²) in [5.41, 5.74) is 0.878. The maximum atomic E-state index is 12.8. The number of rotatable bonds is 5. The lowest BCUT2D eigenvalue weighted by Crippen LogP contribution is -2.47. The quantitative estimate of drug-likeness (QED) is 0.713. The molecule has 1 N–H and O–H groups in total. The van der Waals surface area contributed by atoms with E-state index in [-0.39, 0.29) is 23.9 Å². The zero-order valence-electron chi connectivity index (χ0n) is 16.1. The number of anilines is 1. The van der Waals surface area contributed by atoms with E-state index in [2.05, 4.69) is 5.32 Å². The van der Waals surface area contributed by atoms with Crippen molar-refractivity contribution >= 4 is 28.0 Å². The molecular formula is C20H21N3O6S. The summed E-state index contributed by atoms with van der Waals surface area (Å²) in [6.07, 6.45) is 0.721. The highest BCUT2D eigenvalue weighted by atomic mass is 32.2. The Labute approximate surface area is 174 Å². The molecule has 2 aromatic rings. The third kappa shape index (κ3) is 4.10. The van der Waals surface area contributed by atoms with Crippen molar-refractivity contribution in [3.8, 4) is 11.5 Å². The van der Waals surface area contributed by atoms with E-state index in [0.29, 0.717) is 49.1 Å². The van der Waals surface area contributed by atoms with Gasteiger partial charge in [0.25, 0.3) is 5.91 Å². The van der Waals surface area contributed by atoms with Gasteiger partial charge in [-0.05, 0) is 36.4 Å². The van der Waals surface area contributed by atoms with Crippen LogP contribution in [0.25, 0.3) is 0 Å². The number of hydrogen-bond donors (Lipinski definition) is 1. The van der Waals surface area contributed by atoms with Crippen molar-refractivity contribution in [1.82, 2.24) is 9.21 Å². The average Bonchev–Trinajstić information content (AvgIpc) is 2.79. The number of carbonyl (C=O) groups excluding carboxylic acids is 2. The standard InChI is InChI=1S/C20H21N3O6S/c24-14-22-7-9-23(10-8-22)30(26,27)17-4-1-15(2-5-17)20(25)21-16-3-6-18-19(13-16)29-12-11-28-18/h1-6,13-14H,7-12H2,(H,21,25). The molecule has 2 aliphatic rings. The number of hydrogen-bond acceptors (Lipinski definition) is 6. The molecule has 0 bridgehead atoms. The minimum Gasteiger partial charge on any atom is -0.486 e. The maximum absolute atomic E-state index is 12.8. The summed E-state index contributed by atoms with van der Waals surface area (Å²) in [5, 5.41) is 2.77. The van der Waals surface area contributed by atoms with Gasteiger partial charge in [-0.3, -0.25) is 9.59 Å². The molecule has 10 heteroatoms. The normalized spacial score (nSPS) is 16.7. The zero-order chi connectivity index (χ0) is 21.1. The molecule has 1 saturated heterocycles. The van der Waals surface area contributed by atoms with Gasteiger partial charge in [-0.25, -0.2) is 8.42 Å². The first-order chi connectivity index (χ1) is 14.5. The van der Waals surface area contributed by atoms with Gasteiger partial charge in [0, 0.05) is 43.5 Å². The predicted molar refractivity (Wildman–Crippen MR) is 108 cm³/mol. The molecule has 0 spiro atoms. The Kier molecular flexibility index (Phi) is 5.60. The first-order valence-electron chi connectivity index (χ1n) is 9.48. The molecule has 4 rings (SSSR count). The maximum Gasteiger partial charge on any atom is 0.255 e. The minimum absolute atomic E-state index is 0.109. The second kappa shape index (κ2) is 8.33. The monoisotopic (exact) mass is 431 g/mol. The molecule has 0 saturated carbocycles. The number of nitrogens with one attached hydrogen (secondary N) is 1. The second-order valence-electron chi connectivity index (χ2n) is 6.88. The number of ether oxygens (including phenoxy) is 2. The van der Waals surface area contributed by atoms with Gasteiger partial charge in [-0.2, -0.15) is 4.31 Å².